The highest BCUT2D eigenvalue weighted by atomic mass is 16.6. The Morgan fingerprint density at radius 2 is 1.70 bits per heavy atom. The molecule has 1 heterocycles. The van der Waals surface area contributed by atoms with Gasteiger partial charge in [0.1, 0.15) is 35.7 Å². The van der Waals surface area contributed by atoms with Gasteiger partial charge in [-0.1, -0.05) is 0 Å². The molecule has 0 aliphatic rings. The summed E-state index contributed by atoms with van der Waals surface area (Å²) in [5.41, 5.74) is -0.0230. The summed E-state index contributed by atoms with van der Waals surface area (Å²) in [6, 6.07) is 11.5. The zero-order valence-electron chi connectivity index (χ0n) is 16.9. The van der Waals surface area contributed by atoms with Crippen LogP contribution in [0.1, 0.15) is 6.92 Å². The van der Waals surface area contributed by atoms with Crippen molar-refractivity contribution in [2.75, 3.05) is 27.4 Å². The minimum absolute atomic E-state index is 0.0522. The largest absolute Gasteiger partial charge is 0.497 e. The summed E-state index contributed by atoms with van der Waals surface area (Å²) in [6.07, 6.45) is 0.407. The predicted molar refractivity (Wildman–Crippen MR) is 108 cm³/mol. The third-order valence-corrected chi connectivity index (χ3v) is 4.18. The van der Waals surface area contributed by atoms with Gasteiger partial charge in [0.15, 0.2) is 6.10 Å². The monoisotopic (exact) mass is 414 g/mol. The summed E-state index contributed by atoms with van der Waals surface area (Å²) in [5, 5.41) is 0.323. The average Bonchev–Trinajstić information content (AvgIpc) is 2.76. The van der Waals surface area contributed by atoms with Crippen molar-refractivity contribution in [2.45, 2.75) is 13.0 Å². The Labute approximate surface area is 172 Å². The zero-order valence-corrected chi connectivity index (χ0v) is 16.9. The summed E-state index contributed by atoms with van der Waals surface area (Å²) in [4.78, 5) is 24.6. The van der Waals surface area contributed by atoms with Gasteiger partial charge < -0.3 is 28.1 Å². The Bertz CT molecular complexity index is 1050. The van der Waals surface area contributed by atoms with Crippen molar-refractivity contribution >= 4 is 16.9 Å². The van der Waals surface area contributed by atoms with E-state index in [1.54, 1.807) is 50.4 Å². The summed E-state index contributed by atoms with van der Waals surface area (Å²) in [5.74, 6) is 1.05. The highest BCUT2D eigenvalue weighted by Crippen LogP contribution is 2.25. The van der Waals surface area contributed by atoms with E-state index in [9.17, 15) is 9.59 Å². The normalized spacial score (nSPS) is 11.7. The minimum Gasteiger partial charge on any atom is -0.497 e. The fraction of sp³-hybridized carbons (Fsp3) is 0.273. The van der Waals surface area contributed by atoms with Gasteiger partial charge >= 0.3 is 5.97 Å². The topological polar surface area (TPSA) is 93.4 Å². The number of carbonyl (C=O) groups is 1. The highest BCUT2D eigenvalue weighted by molar-refractivity contribution is 5.79. The summed E-state index contributed by atoms with van der Waals surface area (Å²) in [6.45, 7) is 2.02. The highest BCUT2D eigenvalue weighted by Gasteiger charge is 2.17. The Morgan fingerprint density at radius 3 is 2.40 bits per heavy atom. The molecule has 3 aromatic rings. The molecule has 0 bridgehead atoms. The Hall–Kier alpha value is -3.52. The molecular formula is C22H22O8. The van der Waals surface area contributed by atoms with Crippen LogP contribution in [0.3, 0.4) is 0 Å². The van der Waals surface area contributed by atoms with Crippen molar-refractivity contribution in [3.63, 3.8) is 0 Å². The first-order valence-electron chi connectivity index (χ1n) is 9.21. The second kappa shape index (κ2) is 9.80. The van der Waals surface area contributed by atoms with Gasteiger partial charge in [-0.15, -0.1) is 0 Å². The first-order chi connectivity index (χ1) is 14.5. The lowest BCUT2D eigenvalue weighted by Gasteiger charge is -2.14. The molecular weight excluding hydrogens is 392 g/mol. The molecule has 30 heavy (non-hydrogen) atoms. The van der Waals surface area contributed by atoms with E-state index in [1.807, 2.05) is 0 Å². The van der Waals surface area contributed by atoms with Crippen molar-refractivity contribution in [1.82, 2.24) is 0 Å². The molecule has 0 N–H and O–H groups in total. The van der Waals surface area contributed by atoms with E-state index in [4.69, 9.17) is 28.1 Å². The number of fused-ring (bicyclic) bond motifs is 1. The van der Waals surface area contributed by atoms with Gasteiger partial charge in [0.2, 0.25) is 11.2 Å². The molecule has 158 valence electrons. The molecule has 3 rings (SSSR count). The lowest BCUT2D eigenvalue weighted by atomic mass is 10.2. The molecule has 0 radical (unpaired) electrons. The van der Waals surface area contributed by atoms with E-state index in [1.165, 1.54) is 19.4 Å². The number of hydrogen-bond donors (Lipinski definition) is 0. The second-order valence-electron chi connectivity index (χ2n) is 6.29. The molecule has 0 saturated heterocycles. The van der Waals surface area contributed by atoms with Crippen LogP contribution in [0.15, 0.2) is 57.9 Å². The van der Waals surface area contributed by atoms with Crippen LogP contribution < -0.4 is 19.6 Å². The third kappa shape index (κ3) is 5.09. The van der Waals surface area contributed by atoms with Crippen molar-refractivity contribution < 1.29 is 32.9 Å². The summed E-state index contributed by atoms with van der Waals surface area (Å²) in [7, 11) is 3.08. The van der Waals surface area contributed by atoms with Crippen molar-refractivity contribution in [3.05, 3.63) is 59.0 Å². The van der Waals surface area contributed by atoms with E-state index < -0.39 is 12.1 Å². The summed E-state index contributed by atoms with van der Waals surface area (Å²) < 4.78 is 31.7. The lowest BCUT2D eigenvalue weighted by molar-refractivity contribution is -0.152. The van der Waals surface area contributed by atoms with Crippen LogP contribution in [0.5, 0.6) is 23.0 Å². The zero-order chi connectivity index (χ0) is 21.5. The average molecular weight is 414 g/mol. The molecule has 8 nitrogen and oxygen atoms in total. The molecule has 0 amide bonds. The second-order valence-corrected chi connectivity index (χ2v) is 6.29. The van der Waals surface area contributed by atoms with E-state index in [0.29, 0.717) is 34.8 Å². The molecule has 0 aliphatic heterocycles. The summed E-state index contributed by atoms with van der Waals surface area (Å²) >= 11 is 0. The molecule has 0 spiro atoms. The van der Waals surface area contributed by atoms with E-state index in [0.717, 1.165) is 0 Å². The fourth-order valence-corrected chi connectivity index (χ4v) is 2.60. The number of methoxy groups -OCH3 is 2. The Morgan fingerprint density at radius 1 is 1.00 bits per heavy atom. The van der Waals surface area contributed by atoms with Gasteiger partial charge in [0, 0.05) is 13.2 Å². The molecule has 0 unspecified atom stereocenters. The van der Waals surface area contributed by atoms with Crippen molar-refractivity contribution in [3.8, 4) is 23.0 Å². The molecule has 0 aliphatic carbocycles. The molecule has 2 aromatic carbocycles. The number of ether oxygens (including phenoxy) is 5. The van der Waals surface area contributed by atoms with Gasteiger partial charge in [0.05, 0.1) is 19.1 Å². The van der Waals surface area contributed by atoms with E-state index in [-0.39, 0.29) is 17.8 Å². The molecule has 8 heteroatoms. The number of benzene rings is 2. The number of rotatable bonds is 9. The first-order valence-corrected chi connectivity index (χ1v) is 9.21. The van der Waals surface area contributed by atoms with Gasteiger partial charge in [-0.05, 0) is 43.3 Å². The van der Waals surface area contributed by atoms with Gasteiger partial charge in [-0.3, -0.25) is 4.79 Å². The van der Waals surface area contributed by atoms with Crippen molar-refractivity contribution in [2.24, 2.45) is 0 Å². The predicted octanol–water partition coefficient (Wildman–Crippen LogP) is 3.55. The SMILES string of the molecule is COCCOC(=O)[C@@H](C)Oc1ccc2c(=O)c(Oc3ccc(OC)cc3)coc2c1. The Balaban J connectivity index is 1.73. The molecule has 0 saturated carbocycles. The van der Waals surface area contributed by atoms with Crippen LogP contribution >= 0.6 is 0 Å². The maximum absolute atomic E-state index is 12.7. The maximum atomic E-state index is 12.7. The Kier molecular flexibility index (Phi) is 6.92. The molecule has 1 aromatic heterocycles. The standard InChI is InChI=1S/C22H22O8/c1-14(22(24)27-11-10-25-2)29-17-8-9-18-19(12-17)28-13-20(21(18)23)30-16-6-4-15(26-3)5-7-16/h4-9,12-14H,10-11H2,1-3H3/t14-/m1/s1. The van der Waals surface area contributed by atoms with E-state index >= 15 is 0 Å². The van der Waals surface area contributed by atoms with Gasteiger partial charge in [-0.2, -0.15) is 0 Å². The van der Waals surface area contributed by atoms with Crippen LogP contribution in [0.2, 0.25) is 0 Å². The van der Waals surface area contributed by atoms with Crippen LogP contribution in [0.25, 0.3) is 11.0 Å². The molecule has 0 fully saturated rings. The van der Waals surface area contributed by atoms with Gasteiger partial charge in [0.25, 0.3) is 0 Å². The minimum atomic E-state index is -0.830. The maximum Gasteiger partial charge on any atom is 0.347 e. The fourth-order valence-electron chi connectivity index (χ4n) is 2.60. The lowest BCUT2D eigenvalue weighted by Crippen LogP contribution is -2.27. The third-order valence-electron chi connectivity index (χ3n) is 4.18. The van der Waals surface area contributed by atoms with Crippen LogP contribution in [-0.4, -0.2) is 39.5 Å². The van der Waals surface area contributed by atoms with Crippen LogP contribution in [0, 0.1) is 0 Å². The first kappa shape index (κ1) is 21.2. The molecule has 1 atom stereocenters. The number of hydrogen-bond acceptors (Lipinski definition) is 8. The quantitative estimate of drug-likeness (QED) is 0.388. The van der Waals surface area contributed by atoms with E-state index in [2.05, 4.69) is 0 Å². The van der Waals surface area contributed by atoms with Gasteiger partial charge in [-0.25, -0.2) is 4.79 Å². The number of carbonyl (C=O) groups excluding carboxylic acids is 1. The van der Waals surface area contributed by atoms with Crippen molar-refractivity contribution in [1.29, 1.82) is 0 Å². The van der Waals surface area contributed by atoms with Crippen LogP contribution in [-0.2, 0) is 14.3 Å². The van der Waals surface area contributed by atoms with Crippen LogP contribution in [0.4, 0.5) is 0 Å². The number of esters is 1. The smallest absolute Gasteiger partial charge is 0.347 e.